The second-order valence-electron chi connectivity index (χ2n) is 3.18. The number of nitrogens with zero attached hydrogens (tertiary/aromatic N) is 1. The number of aromatic nitrogens is 1. The normalized spacial score (nSPS) is 10.4. The maximum atomic E-state index is 5.58. The number of rotatable bonds is 3. The molecule has 0 unspecified atom stereocenters. The molecule has 0 aliphatic carbocycles. The molecule has 0 bridgehead atoms. The summed E-state index contributed by atoms with van der Waals surface area (Å²) in [6, 6.07) is 5.70. The highest BCUT2D eigenvalue weighted by Gasteiger charge is 2.14. The summed E-state index contributed by atoms with van der Waals surface area (Å²) in [7, 11) is 1.61. The van der Waals surface area contributed by atoms with Gasteiger partial charge in [-0.15, -0.1) is 0 Å². The largest absolute Gasteiger partial charge is 0.496 e. The highest BCUT2D eigenvalue weighted by Crippen LogP contribution is 2.34. The van der Waals surface area contributed by atoms with E-state index in [0.29, 0.717) is 12.3 Å². The molecule has 0 aliphatic heterocycles. The van der Waals surface area contributed by atoms with Crippen molar-refractivity contribution >= 4 is 15.9 Å². The molecule has 2 aromatic rings. The molecule has 84 valence electrons. The van der Waals surface area contributed by atoms with Crippen molar-refractivity contribution in [2.45, 2.75) is 6.54 Å². The number of nitrogens with two attached hydrogens (primary N) is 1. The summed E-state index contributed by atoms with van der Waals surface area (Å²) in [4.78, 5) is 4.05. The van der Waals surface area contributed by atoms with Crippen LogP contribution in [0.5, 0.6) is 5.75 Å². The van der Waals surface area contributed by atoms with Crippen molar-refractivity contribution in [2.24, 2.45) is 5.73 Å². The van der Waals surface area contributed by atoms with Crippen LogP contribution in [0.25, 0.3) is 11.3 Å². The molecule has 2 N–H and O–H groups in total. The fourth-order valence-corrected chi connectivity index (χ4v) is 1.83. The van der Waals surface area contributed by atoms with E-state index in [1.807, 2.05) is 18.2 Å². The summed E-state index contributed by atoms with van der Waals surface area (Å²) >= 11 is 3.39. The second-order valence-corrected chi connectivity index (χ2v) is 4.09. The number of benzene rings is 1. The van der Waals surface area contributed by atoms with Gasteiger partial charge in [-0.3, -0.25) is 0 Å². The topological polar surface area (TPSA) is 61.3 Å². The number of methoxy groups -OCH3 is 1. The van der Waals surface area contributed by atoms with E-state index in [4.69, 9.17) is 14.9 Å². The first-order valence-electron chi connectivity index (χ1n) is 4.72. The van der Waals surface area contributed by atoms with Crippen LogP contribution < -0.4 is 10.5 Å². The highest BCUT2D eigenvalue weighted by atomic mass is 79.9. The first-order chi connectivity index (χ1) is 7.76. The van der Waals surface area contributed by atoms with Crippen LogP contribution in [0.1, 0.15) is 5.69 Å². The molecule has 0 fully saturated rings. The van der Waals surface area contributed by atoms with E-state index in [9.17, 15) is 0 Å². The van der Waals surface area contributed by atoms with Crippen molar-refractivity contribution in [2.75, 3.05) is 7.11 Å². The molecule has 0 amide bonds. The van der Waals surface area contributed by atoms with Crippen LogP contribution in [-0.2, 0) is 6.54 Å². The maximum absolute atomic E-state index is 5.58. The highest BCUT2D eigenvalue weighted by molar-refractivity contribution is 9.10. The van der Waals surface area contributed by atoms with Gasteiger partial charge in [0.25, 0.3) is 0 Å². The molecule has 0 atom stereocenters. The average Bonchev–Trinajstić information content (AvgIpc) is 2.76. The lowest BCUT2D eigenvalue weighted by Crippen LogP contribution is -1.98. The van der Waals surface area contributed by atoms with E-state index >= 15 is 0 Å². The molecule has 5 heteroatoms. The van der Waals surface area contributed by atoms with E-state index in [0.717, 1.165) is 21.5 Å². The van der Waals surface area contributed by atoms with Crippen molar-refractivity contribution in [3.63, 3.8) is 0 Å². The Hall–Kier alpha value is -1.33. The van der Waals surface area contributed by atoms with Crippen LogP contribution >= 0.6 is 15.9 Å². The van der Waals surface area contributed by atoms with Crippen molar-refractivity contribution in [1.29, 1.82) is 0 Å². The standard InChI is InChI=1S/C11H11BrN2O2/c1-15-10-4-7(12)2-3-8(10)11-9(5-13)14-6-16-11/h2-4,6H,5,13H2,1H3. The maximum Gasteiger partial charge on any atom is 0.181 e. The van der Waals surface area contributed by atoms with Crippen LogP contribution in [-0.4, -0.2) is 12.1 Å². The number of oxazole rings is 1. The van der Waals surface area contributed by atoms with Crippen LogP contribution in [0.4, 0.5) is 0 Å². The molecule has 2 rings (SSSR count). The Morgan fingerprint density at radius 2 is 2.31 bits per heavy atom. The molecule has 1 aromatic heterocycles. The lowest BCUT2D eigenvalue weighted by molar-refractivity contribution is 0.414. The van der Waals surface area contributed by atoms with Gasteiger partial charge in [0.1, 0.15) is 11.4 Å². The molecular formula is C11H11BrN2O2. The Bertz CT molecular complexity index is 496. The number of hydrogen-bond acceptors (Lipinski definition) is 4. The summed E-state index contributed by atoms with van der Waals surface area (Å²) in [6.07, 6.45) is 1.39. The lowest BCUT2D eigenvalue weighted by Gasteiger charge is -2.07. The first-order valence-corrected chi connectivity index (χ1v) is 5.52. The van der Waals surface area contributed by atoms with Crippen LogP contribution in [0.15, 0.2) is 33.5 Å². The Morgan fingerprint density at radius 3 is 3.00 bits per heavy atom. The van der Waals surface area contributed by atoms with E-state index in [1.165, 1.54) is 6.39 Å². The Kier molecular flexibility index (Phi) is 3.26. The van der Waals surface area contributed by atoms with Crippen molar-refractivity contribution in [3.8, 4) is 17.1 Å². The van der Waals surface area contributed by atoms with Gasteiger partial charge in [0, 0.05) is 11.0 Å². The minimum atomic E-state index is 0.338. The monoisotopic (exact) mass is 282 g/mol. The minimum absolute atomic E-state index is 0.338. The molecule has 1 aromatic carbocycles. The van der Waals surface area contributed by atoms with Gasteiger partial charge >= 0.3 is 0 Å². The molecular weight excluding hydrogens is 272 g/mol. The second kappa shape index (κ2) is 4.67. The predicted molar refractivity (Wildman–Crippen MR) is 64.1 cm³/mol. The quantitative estimate of drug-likeness (QED) is 0.940. The van der Waals surface area contributed by atoms with E-state index < -0.39 is 0 Å². The van der Waals surface area contributed by atoms with Crippen molar-refractivity contribution in [1.82, 2.24) is 4.98 Å². The van der Waals surface area contributed by atoms with Gasteiger partial charge in [0.05, 0.1) is 12.7 Å². The van der Waals surface area contributed by atoms with Gasteiger partial charge in [-0.05, 0) is 18.2 Å². The smallest absolute Gasteiger partial charge is 0.181 e. The van der Waals surface area contributed by atoms with Gasteiger partial charge in [-0.1, -0.05) is 15.9 Å². The Labute approximate surface area is 102 Å². The summed E-state index contributed by atoms with van der Waals surface area (Å²) in [6.45, 7) is 0.338. The summed E-state index contributed by atoms with van der Waals surface area (Å²) < 4.78 is 11.6. The van der Waals surface area contributed by atoms with E-state index in [2.05, 4.69) is 20.9 Å². The fourth-order valence-electron chi connectivity index (χ4n) is 1.49. The molecule has 0 radical (unpaired) electrons. The SMILES string of the molecule is COc1cc(Br)ccc1-c1ocnc1CN. The van der Waals surface area contributed by atoms with Crippen LogP contribution in [0.2, 0.25) is 0 Å². The summed E-state index contributed by atoms with van der Waals surface area (Å²) in [5, 5.41) is 0. The van der Waals surface area contributed by atoms with Crippen molar-refractivity contribution < 1.29 is 9.15 Å². The third-order valence-corrected chi connectivity index (χ3v) is 2.74. The van der Waals surface area contributed by atoms with Crippen LogP contribution in [0.3, 0.4) is 0 Å². The van der Waals surface area contributed by atoms with E-state index in [-0.39, 0.29) is 0 Å². The molecule has 1 heterocycles. The Morgan fingerprint density at radius 1 is 1.50 bits per heavy atom. The first kappa shape index (κ1) is 11.2. The van der Waals surface area contributed by atoms with Crippen molar-refractivity contribution in [3.05, 3.63) is 34.8 Å². The zero-order chi connectivity index (χ0) is 11.5. The lowest BCUT2D eigenvalue weighted by atomic mass is 10.1. The number of ether oxygens (including phenoxy) is 1. The molecule has 0 spiro atoms. The molecule has 0 saturated carbocycles. The zero-order valence-electron chi connectivity index (χ0n) is 8.74. The molecule has 0 aliphatic rings. The Balaban J connectivity index is 2.55. The molecule has 16 heavy (non-hydrogen) atoms. The summed E-state index contributed by atoms with van der Waals surface area (Å²) in [5.41, 5.74) is 7.15. The number of halogens is 1. The molecule has 0 saturated heterocycles. The van der Waals surface area contributed by atoms with E-state index in [1.54, 1.807) is 7.11 Å². The third kappa shape index (κ3) is 1.96. The molecule has 4 nitrogen and oxygen atoms in total. The van der Waals surface area contributed by atoms with Gasteiger partial charge in [-0.2, -0.15) is 0 Å². The third-order valence-electron chi connectivity index (χ3n) is 2.24. The van der Waals surface area contributed by atoms with Gasteiger partial charge in [-0.25, -0.2) is 4.98 Å². The predicted octanol–water partition coefficient (Wildman–Crippen LogP) is 2.57. The van der Waals surface area contributed by atoms with Gasteiger partial charge < -0.3 is 14.9 Å². The zero-order valence-corrected chi connectivity index (χ0v) is 10.3. The van der Waals surface area contributed by atoms with Gasteiger partial charge in [0.2, 0.25) is 0 Å². The van der Waals surface area contributed by atoms with Gasteiger partial charge in [0.15, 0.2) is 12.2 Å². The van der Waals surface area contributed by atoms with Crippen LogP contribution in [0, 0.1) is 0 Å². The summed E-state index contributed by atoms with van der Waals surface area (Å²) in [5.74, 6) is 1.38. The minimum Gasteiger partial charge on any atom is -0.496 e. The number of hydrogen-bond donors (Lipinski definition) is 1. The fraction of sp³-hybridized carbons (Fsp3) is 0.182. The average molecular weight is 283 g/mol.